The fourth-order valence-electron chi connectivity index (χ4n) is 4.80. The molecule has 6 rings (SSSR count). The molecule has 3 aliphatic rings. The standard InChI is InChI=1S/C25H28N6O4S2/c26-22-7-6-19(17-27-22)24-28-20-16-21(18-4-2-1-3-5-18)36-23(20)25(29-8-12-34-13-9-29)31(24)37(32,33)30-10-14-35-15-11-30/h1-7,16-17,25H,8-15H2,(H2,26,27). The molecule has 0 aliphatic carbocycles. The molecule has 0 spiro atoms. The van der Waals surface area contributed by atoms with Gasteiger partial charge < -0.3 is 15.2 Å². The van der Waals surface area contributed by atoms with E-state index in [1.807, 2.05) is 24.3 Å². The lowest BCUT2D eigenvalue weighted by molar-refractivity contribution is -0.00256. The van der Waals surface area contributed by atoms with E-state index in [-0.39, 0.29) is 13.1 Å². The number of thiophene rings is 1. The number of hydrogen-bond donors (Lipinski definition) is 1. The number of benzene rings is 1. The van der Waals surface area contributed by atoms with Gasteiger partial charge >= 0.3 is 10.2 Å². The van der Waals surface area contributed by atoms with Crippen LogP contribution in [0.3, 0.4) is 0 Å². The van der Waals surface area contributed by atoms with Crippen molar-refractivity contribution in [3.63, 3.8) is 0 Å². The Balaban J connectivity index is 1.55. The molecule has 5 heterocycles. The predicted octanol–water partition coefficient (Wildman–Crippen LogP) is 2.69. The second-order valence-corrected chi connectivity index (χ2v) is 11.9. The fraction of sp³-hybridized carbons (Fsp3) is 0.360. The lowest BCUT2D eigenvalue weighted by atomic mass is 10.1. The highest BCUT2D eigenvalue weighted by molar-refractivity contribution is 7.87. The van der Waals surface area contributed by atoms with Crippen LogP contribution in [0.5, 0.6) is 0 Å². The molecule has 2 saturated heterocycles. The van der Waals surface area contributed by atoms with Gasteiger partial charge in [0, 0.05) is 42.8 Å². The lowest BCUT2D eigenvalue weighted by Crippen LogP contribution is -2.57. The van der Waals surface area contributed by atoms with Crippen LogP contribution >= 0.6 is 11.3 Å². The van der Waals surface area contributed by atoms with E-state index in [0.29, 0.717) is 56.7 Å². The first-order chi connectivity index (χ1) is 18.0. The zero-order chi connectivity index (χ0) is 25.4. The Bertz CT molecular complexity index is 1380. The molecule has 3 aliphatic heterocycles. The number of aromatic nitrogens is 1. The normalized spacial score (nSPS) is 21.5. The van der Waals surface area contributed by atoms with Crippen molar-refractivity contribution in [2.45, 2.75) is 6.17 Å². The van der Waals surface area contributed by atoms with Gasteiger partial charge in [-0.3, -0.25) is 4.90 Å². The van der Waals surface area contributed by atoms with Gasteiger partial charge in [-0.05, 0) is 23.8 Å². The topological polar surface area (TPSA) is 114 Å². The Hall–Kier alpha value is -2.87. The molecule has 1 unspecified atom stereocenters. The predicted molar refractivity (Wildman–Crippen MR) is 143 cm³/mol. The molecule has 37 heavy (non-hydrogen) atoms. The maximum atomic E-state index is 14.3. The third-order valence-corrected chi connectivity index (χ3v) is 9.77. The number of morpholine rings is 2. The van der Waals surface area contributed by atoms with Crippen molar-refractivity contribution in [2.24, 2.45) is 4.99 Å². The van der Waals surface area contributed by atoms with Crippen molar-refractivity contribution < 1.29 is 17.9 Å². The summed E-state index contributed by atoms with van der Waals surface area (Å²) in [5.74, 6) is 0.690. The average molecular weight is 541 g/mol. The van der Waals surface area contributed by atoms with Gasteiger partial charge in [0.2, 0.25) is 0 Å². The van der Waals surface area contributed by atoms with Gasteiger partial charge in [-0.15, -0.1) is 11.3 Å². The molecule has 12 heteroatoms. The van der Waals surface area contributed by atoms with Crippen LogP contribution in [0.1, 0.15) is 16.6 Å². The van der Waals surface area contributed by atoms with Crippen molar-refractivity contribution in [1.82, 2.24) is 18.5 Å². The van der Waals surface area contributed by atoms with Gasteiger partial charge in [0.25, 0.3) is 0 Å². The minimum absolute atomic E-state index is 0.286. The summed E-state index contributed by atoms with van der Waals surface area (Å²) in [6.07, 6.45) is 1.02. The summed E-state index contributed by atoms with van der Waals surface area (Å²) >= 11 is 1.58. The van der Waals surface area contributed by atoms with Crippen LogP contribution < -0.4 is 5.73 Å². The van der Waals surface area contributed by atoms with E-state index < -0.39 is 16.4 Å². The summed E-state index contributed by atoms with van der Waals surface area (Å²) in [7, 11) is -3.97. The van der Waals surface area contributed by atoms with Crippen LogP contribution in [0.15, 0.2) is 59.7 Å². The second kappa shape index (κ2) is 10.1. The van der Waals surface area contributed by atoms with Crippen molar-refractivity contribution in [3.8, 4) is 10.4 Å². The van der Waals surface area contributed by atoms with E-state index in [0.717, 1.165) is 21.0 Å². The smallest absolute Gasteiger partial charge is 0.307 e. The molecule has 2 aromatic heterocycles. The fourth-order valence-corrected chi connectivity index (χ4v) is 7.81. The van der Waals surface area contributed by atoms with Crippen molar-refractivity contribution >= 4 is 38.9 Å². The SMILES string of the molecule is Nc1ccc(C2=Nc3cc(-c4ccccc4)sc3C(N3CCOCC3)N2S(=O)(=O)N2CCOCC2)cn1. The average Bonchev–Trinajstić information content (AvgIpc) is 3.38. The molecule has 2 N–H and O–H groups in total. The maximum Gasteiger partial charge on any atom is 0.307 e. The van der Waals surface area contributed by atoms with Gasteiger partial charge in [-0.25, -0.2) is 14.3 Å². The first-order valence-corrected chi connectivity index (χ1v) is 14.4. The first kappa shape index (κ1) is 24.5. The number of nitrogens with zero attached hydrogens (tertiary/aromatic N) is 5. The number of nitrogen functional groups attached to an aromatic ring is 1. The minimum Gasteiger partial charge on any atom is -0.384 e. The Labute approximate surface area is 220 Å². The molecule has 1 atom stereocenters. The van der Waals surface area contributed by atoms with E-state index in [1.165, 1.54) is 8.61 Å². The van der Waals surface area contributed by atoms with E-state index >= 15 is 0 Å². The molecule has 2 fully saturated rings. The quantitative estimate of drug-likeness (QED) is 0.529. The highest BCUT2D eigenvalue weighted by Gasteiger charge is 2.46. The monoisotopic (exact) mass is 540 g/mol. The van der Waals surface area contributed by atoms with E-state index in [2.05, 4.69) is 22.0 Å². The van der Waals surface area contributed by atoms with Crippen LogP contribution in [0, 0.1) is 0 Å². The minimum atomic E-state index is -3.97. The Morgan fingerprint density at radius 1 is 0.919 bits per heavy atom. The number of aliphatic imine (C=N–C) groups is 1. The second-order valence-electron chi connectivity index (χ2n) is 8.97. The highest BCUT2D eigenvalue weighted by atomic mass is 32.2. The number of fused-ring (bicyclic) bond motifs is 1. The lowest BCUT2D eigenvalue weighted by Gasteiger charge is -2.45. The van der Waals surface area contributed by atoms with Crippen LogP contribution in [0.4, 0.5) is 11.5 Å². The number of nitrogens with two attached hydrogens (primary N) is 1. The molecule has 0 saturated carbocycles. The maximum absolute atomic E-state index is 14.3. The van der Waals surface area contributed by atoms with Gasteiger partial charge in [-0.1, -0.05) is 30.3 Å². The van der Waals surface area contributed by atoms with E-state index in [9.17, 15) is 8.42 Å². The molecular formula is C25H28N6O4S2. The van der Waals surface area contributed by atoms with Crippen molar-refractivity contribution in [1.29, 1.82) is 0 Å². The van der Waals surface area contributed by atoms with Crippen LogP contribution in [0.25, 0.3) is 10.4 Å². The van der Waals surface area contributed by atoms with Crippen LogP contribution in [0.2, 0.25) is 0 Å². The number of pyridine rings is 1. The first-order valence-electron chi connectivity index (χ1n) is 12.2. The molecule has 0 amide bonds. The summed E-state index contributed by atoms with van der Waals surface area (Å²) in [6, 6.07) is 15.6. The number of amidine groups is 1. The molecule has 10 nitrogen and oxygen atoms in total. The summed E-state index contributed by atoms with van der Waals surface area (Å²) < 4.78 is 42.7. The zero-order valence-electron chi connectivity index (χ0n) is 20.2. The number of ether oxygens (including phenoxy) is 2. The summed E-state index contributed by atoms with van der Waals surface area (Å²) in [4.78, 5) is 13.3. The highest BCUT2D eigenvalue weighted by Crippen LogP contribution is 2.48. The third kappa shape index (κ3) is 4.65. The number of hydrogen-bond acceptors (Lipinski definition) is 9. The summed E-state index contributed by atoms with van der Waals surface area (Å²) in [5.41, 5.74) is 8.27. The Morgan fingerprint density at radius 3 is 2.30 bits per heavy atom. The van der Waals surface area contributed by atoms with Gasteiger partial charge in [0.15, 0.2) is 5.84 Å². The Morgan fingerprint density at radius 2 is 1.62 bits per heavy atom. The van der Waals surface area contributed by atoms with E-state index in [4.69, 9.17) is 20.2 Å². The number of rotatable bonds is 5. The third-order valence-electron chi connectivity index (χ3n) is 6.67. The molecule has 0 radical (unpaired) electrons. The van der Waals surface area contributed by atoms with Gasteiger partial charge in [0.1, 0.15) is 12.0 Å². The Kier molecular flexibility index (Phi) is 6.69. The van der Waals surface area contributed by atoms with Crippen LogP contribution in [-0.2, 0) is 19.7 Å². The molecule has 1 aromatic carbocycles. The zero-order valence-corrected chi connectivity index (χ0v) is 21.8. The largest absolute Gasteiger partial charge is 0.384 e. The van der Waals surface area contributed by atoms with Gasteiger partial charge in [0.05, 0.1) is 37.0 Å². The number of anilines is 1. The van der Waals surface area contributed by atoms with E-state index in [1.54, 1.807) is 29.7 Å². The molecule has 194 valence electrons. The van der Waals surface area contributed by atoms with Crippen molar-refractivity contribution in [3.05, 3.63) is 65.2 Å². The van der Waals surface area contributed by atoms with Crippen molar-refractivity contribution in [2.75, 3.05) is 58.3 Å². The van der Waals surface area contributed by atoms with Crippen LogP contribution in [-0.4, -0.2) is 85.4 Å². The summed E-state index contributed by atoms with van der Waals surface area (Å²) in [5, 5.41) is 0. The molecule has 3 aromatic rings. The molecular weight excluding hydrogens is 512 g/mol. The summed E-state index contributed by atoms with van der Waals surface area (Å²) in [6.45, 7) is 3.55. The molecule has 0 bridgehead atoms. The van der Waals surface area contributed by atoms with Gasteiger partial charge in [-0.2, -0.15) is 12.7 Å².